The molecule has 0 N–H and O–H groups in total. The largest absolute Gasteiger partial charge is 1.00 e. The van der Waals surface area contributed by atoms with Crippen LogP contribution in [0.2, 0.25) is 0 Å². The Morgan fingerprint density at radius 1 is 0.600 bits per heavy atom. The summed E-state index contributed by atoms with van der Waals surface area (Å²) in [6.45, 7) is 0. The molecule has 0 amide bonds. The van der Waals surface area contributed by atoms with Crippen LogP contribution in [-0.2, 0) is 0 Å². The molecule has 88 valence electrons. The van der Waals surface area contributed by atoms with Gasteiger partial charge in [-0.2, -0.15) is 0 Å². The van der Waals surface area contributed by atoms with Gasteiger partial charge in [0.2, 0.25) is 0 Å². The van der Waals surface area contributed by atoms with E-state index in [1.165, 1.54) is 24.3 Å². The Bertz CT molecular complexity index is 649. The fraction of sp³-hybridized carbons (Fsp3) is 0. The Labute approximate surface area is 200 Å². The molecule has 2 aromatic carbocycles. The van der Waals surface area contributed by atoms with Crippen LogP contribution in [0.5, 0.6) is 11.5 Å². The second-order valence-electron chi connectivity index (χ2n) is 4.07. The first-order chi connectivity index (χ1) is 8.58. The molecular weight excluding hydrogens is 310 g/mol. The topological polar surface area (TPSA) is 80.3 Å². The summed E-state index contributed by atoms with van der Waals surface area (Å²) in [7, 11) is 0. The van der Waals surface area contributed by atoms with E-state index in [1.54, 1.807) is 0 Å². The van der Waals surface area contributed by atoms with Crippen molar-refractivity contribution in [2.45, 2.75) is 0 Å². The maximum absolute atomic E-state index is 12.1. The van der Waals surface area contributed by atoms with Crippen molar-refractivity contribution in [2.24, 2.45) is 0 Å². The van der Waals surface area contributed by atoms with Crippen molar-refractivity contribution in [3.05, 3.63) is 58.7 Å². The molecule has 0 aromatic heterocycles. The van der Waals surface area contributed by atoms with E-state index in [9.17, 15) is 19.8 Å². The van der Waals surface area contributed by atoms with Crippen molar-refractivity contribution in [3.8, 4) is 11.5 Å². The standard InChI is InChI=1S/C14H8O4.2K/c15-7-1-3-9-11(5-7)14(18)10-4-2-8(16)6-12(10)13(9)17;;/h1-6,15-16H;;/q;2*+1/p-2. The summed E-state index contributed by atoms with van der Waals surface area (Å²) in [6, 6.07) is 7.44. The van der Waals surface area contributed by atoms with Crippen LogP contribution in [-0.4, -0.2) is 11.6 Å². The van der Waals surface area contributed by atoms with Crippen LogP contribution >= 0.6 is 0 Å². The fourth-order valence-corrected chi connectivity index (χ4v) is 2.11. The average Bonchev–Trinajstić information content (AvgIpc) is 2.36. The van der Waals surface area contributed by atoms with E-state index in [-0.39, 0.29) is 137 Å². The normalized spacial score (nSPS) is 11.8. The van der Waals surface area contributed by atoms with Crippen molar-refractivity contribution in [1.29, 1.82) is 0 Å². The van der Waals surface area contributed by atoms with Crippen LogP contribution in [0.1, 0.15) is 31.8 Å². The summed E-state index contributed by atoms with van der Waals surface area (Å²) in [4.78, 5) is 24.2. The number of benzene rings is 2. The molecule has 0 spiro atoms. The number of fused-ring (bicyclic) bond motifs is 2. The second-order valence-corrected chi connectivity index (χ2v) is 4.07. The molecule has 0 saturated heterocycles. The van der Waals surface area contributed by atoms with Gasteiger partial charge in [0.05, 0.1) is 0 Å². The molecular formula is C14H6K2O4. The summed E-state index contributed by atoms with van der Waals surface area (Å²) in [5.74, 6) is -1.42. The second kappa shape index (κ2) is 7.28. The quantitative estimate of drug-likeness (QED) is 0.388. The number of rotatable bonds is 0. The molecule has 2 aromatic rings. The molecule has 3 rings (SSSR count). The van der Waals surface area contributed by atoms with Gasteiger partial charge in [0.1, 0.15) is 0 Å². The van der Waals surface area contributed by atoms with E-state index in [0.717, 1.165) is 12.1 Å². The summed E-state index contributed by atoms with van der Waals surface area (Å²) >= 11 is 0. The predicted octanol–water partition coefficient (Wildman–Crippen LogP) is -5.38. The van der Waals surface area contributed by atoms with E-state index >= 15 is 0 Å². The van der Waals surface area contributed by atoms with Gasteiger partial charge in [-0.3, -0.25) is 9.59 Å². The summed E-state index contributed by atoms with van der Waals surface area (Å²) in [5, 5.41) is 22.5. The maximum atomic E-state index is 12.1. The zero-order valence-electron chi connectivity index (χ0n) is 11.1. The van der Waals surface area contributed by atoms with E-state index < -0.39 is 11.6 Å². The van der Waals surface area contributed by atoms with E-state index in [4.69, 9.17) is 0 Å². The first kappa shape index (κ1) is 18.7. The number of hydrogen-bond donors (Lipinski definition) is 0. The van der Waals surface area contributed by atoms with Gasteiger partial charge in [-0.1, -0.05) is 36.4 Å². The zero-order chi connectivity index (χ0) is 12.9. The molecule has 0 unspecified atom stereocenters. The molecule has 0 saturated carbocycles. The van der Waals surface area contributed by atoms with Gasteiger partial charge in [0, 0.05) is 22.3 Å². The van der Waals surface area contributed by atoms with Crippen LogP contribution in [0.4, 0.5) is 0 Å². The third-order valence-electron chi connectivity index (χ3n) is 2.96. The van der Waals surface area contributed by atoms with Gasteiger partial charge in [-0.05, 0) is 0 Å². The maximum Gasteiger partial charge on any atom is 1.00 e. The fourth-order valence-electron chi connectivity index (χ4n) is 2.11. The molecule has 6 heteroatoms. The van der Waals surface area contributed by atoms with Crippen molar-refractivity contribution in [1.82, 2.24) is 0 Å². The van der Waals surface area contributed by atoms with Crippen LogP contribution in [0, 0.1) is 0 Å². The van der Waals surface area contributed by atoms with E-state index in [0.29, 0.717) is 0 Å². The molecule has 1 aliphatic carbocycles. The van der Waals surface area contributed by atoms with Crippen molar-refractivity contribution < 1.29 is 123 Å². The Balaban J connectivity index is 0.000001000. The SMILES string of the molecule is O=C1c2ccc([O-])cc2C(=O)c2ccc([O-])cc21.[K+].[K+]. The van der Waals surface area contributed by atoms with Gasteiger partial charge >= 0.3 is 103 Å². The number of carbonyl (C=O) groups excluding carboxylic acids is 2. The van der Waals surface area contributed by atoms with Gasteiger partial charge in [-0.25, -0.2) is 0 Å². The summed E-state index contributed by atoms with van der Waals surface area (Å²) < 4.78 is 0. The van der Waals surface area contributed by atoms with Crippen LogP contribution in [0.15, 0.2) is 36.4 Å². The Kier molecular flexibility index (Phi) is 6.80. The predicted molar refractivity (Wildman–Crippen MR) is 58.6 cm³/mol. The molecule has 0 aliphatic heterocycles. The Morgan fingerprint density at radius 2 is 0.950 bits per heavy atom. The van der Waals surface area contributed by atoms with Gasteiger partial charge in [0.15, 0.2) is 11.6 Å². The third-order valence-corrected chi connectivity index (χ3v) is 2.96. The van der Waals surface area contributed by atoms with Gasteiger partial charge in [-0.15, -0.1) is 11.5 Å². The number of ketones is 2. The first-order valence-corrected chi connectivity index (χ1v) is 5.29. The van der Waals surface area contributed by atoms with Gasteiger partial charge < -0.3 is 10.2 Å². The molecule has 1 aliphatic rings. The minimum atomic E-state index is -0.391. The Morgan fingerprint density at radius 3 is 1.30 bits per heavy atom. The van der Waals surface area contributed by atoms with Crippen molar-refractivity contribution in [3.63, 3.8) is 0 Å². The molecule has 0 atom stereocenters. The first-order valence-electron chi connectivity index (χ1n) is 5.29. The molecule has 0 fully saturated rings. The van der Waals surface area contributed by atoms with Crippen LogP contribution < -0.4 is 113 Å². The number of hydrogen-bond acceptors (Lipinski definition) is 4. The average molecular weight is 316 g/mol. The molecule has 0 radical (unpaired) electrons. The number of carbonyl (C=O) groups is 2. The Hall–Kier alpha value is 0.653. The van der Waals surface area contributed by atoms with E-state index in [1.807, 2.05) is 0 Å². The molecule has 0 bridgehead atoms. The summed E-state index contributed by atoms with van der Waals surface area (Å²) in [6.07, 6.45) is 0. The summed E-state index contributed by atoms with van der Waals surface area (Å²) in [5.41, 5.74) is 0.577. The molecule has 20 heavy (non-hydrogen) atoms. The van der Waals surface area contributed by atoms with E-state index in [2.05, 4.69) is 0 Å². The zero-order valence-corrected chi connectivity index (χ0v) is 17.3. The van der Waals surface area contributed by atoms with Crippen LogP contribution in [0.3, 0.4) is 0 Å². The molecule has 0 heterocycles. The van der Waals surface area contributed by atoms with Crippen molar-refractivity contribution in [2.75, 3.05) is 0 Å². The minimum absolute atomic E-state index is 0. The minimum Gasteiger partial charge on any atom is -0.872 e. The molecule has 4 nitrogen and oxygen atoms in total. The van der Waals surface area contributed by atoms with Crippen LogP contribution in [0.25, 0.3) is 0 Å². The third kappa shape index (κ3) is 3.20. The monoisotopic (exact) mass is 316 g/mol. The smallest absolute Gasteiger partial charge is 0.872 e. The van der Waals surface area contributed by atoms with Crippen molar-refractivity contribution >= 4 is 11.6 Å². The van der Waals surface area contributed by atoms with Gasteiger partial charge in [0.25, 0.3) is 0 Å².